The van der Waals surface area contributed by atoms with Crippen LogP contribution in [0.25, 0.3) is 56.3 Å². The Hall–Kier alpha value is -13.8. The number of nitrogens with zero attached hydrogens (tertiary/aromatic N) is 16. The van der Waals surface area contributed by atoms with E-state index in [1.165, 1.54) is 0 Å². The van der Waals surface area contributed by atoms with Crippen molar-refractivity contribution >= 4 is 89.6 Å². The van der Waals surface area contributed by atoms with E-state index in [1.807, 2.05) is 203 Å². The first kappa shape index (κ1) is 96.0. The van der Waals surface area contributed by atoms with Crippen LogP contribution in [0.4, 0.5) is 34.1 Å². The number of anilines is 5. The normalized spacial score (nSPS) is 11.7. The molecule has 38 nitrogen and oxygen atoms in total. The molecule has 1 aliphatic carbocycles. The maximum atomic E-state index is 12.4. The minimum Gasteiger partial charge on any atom is -0.355 e. The van der Waals surface area contributed by atoms with E-state index < -0.39 is 25.0 Å². The van der Waals surface area contributed by atoms with Gasteiger partial charge in [-0.15, -0.1) is 25.5 Å². The molecule has 5 heterocycles. The van der Waals surface area contributed by atoms with Crippen molar-refractivity contribution in [2.75, 3.05) is 59.3 Å². The summed E-state index contributed by atoms with van der Waals surface area (Å²) in [6.07, 6.45) is 11.6. The smallest absolute Gasteiger partial charge is 0.269 e. The van der Waals surface area contributed by atoms with Crippen LogP contribution >= 0.6 is 0 Å². The van der Waals surface area contributed by atoms with Gasteiger partial charge in [-0.25, -0.2) is 49.7 Å². The highest BCUT2D eigenvalue weighted by molar-refractivity contribution is 7.89. The Balaban J connectivity index is 0.000000181. The number of non-ortho nitro benzene ring substituents is 1. The first-order valence-corrected chi connectivity index (χ1v) is 43.9. The SMILES string of the molecule is CC(C)n1cc(-c2ccccc2NC(=O)CCN)nn1.CC(C)n1cc(-c2ccccc2NC(=O)CCNC(=O)C2CC2)nn1.CC(C)n1cc(-c2ccccc2NC(=O)CCNS(=O)(=O)Cc2ccccc2)nn1.CC(C)n1cc(-c2ccccc2NC(=O)CCNS(=O)(=O)c2ccc([N+](=O)[O-])cc2)nn1.CC(C)n1cc(-c2ccccc2NC(=O)CN)nn1. The van der Waals surface area contributed by atoms with E-state index in [0.29, 0.717) is 70.5 Å². The summed E-state index contributed by atoms with van der Waals surface area (Å²) in [6, 6.07) is 51.3. The van der Waals surface area contributed by atoms with Gasteiger partial charge < -0.3 is 43.4 Å². The number of sulfonamides is 2. The van der Waals surface area contributed by atoms with E-state index in [4.69, 9.17) is 11.5 Å². The maximum absolute atomic E-state index is 12.4. The number of nitro groups is 1. The molecule has 1 saturated carbocycles. The number of nitrogens with one attached hydrogen (secondary N) is 8. The van der Waals surface area contributed by atoms with Crippen molar-refractivity contribution in [2.24, 2.45) is 17.4 Å². The van der Waals surface area contributed by atoms with Crippen LogP contribution in [0.5, 0.6) is 0 Å². The van der Waals surface area contributed by atoms with E-state index in [1.54, 1.807) is 72.1 Å². The lowest BCUT2D eigenvalue weighted by Gasteiger charge is -2.10. The minimum atomic E-state index is -3.90. The number of carbonyl (C=O) groups excluding carboxylic acids is 6. The molecule has 13 rings (SSSR count). The van der Waals surface area contributed by atoms with Gasteiger partial charge >= 0.3 is 0 Å². The van der Waals surface area contributed by atoms with Crippen LogP contribution in [0.15, 0.2) is 212 Å². The second-order valence-corrected chi connectivity index (χ2v) is 33.8. The predicted octanol–water partition coefficient (Wildman–Crippen LogP) is 11.3. The minimum absolute atomic E-state index is 0.0149. The van der Waals surface area contributed by atoms with Crippen LogP contribution in [-0.4, -0.2) is 165 Å². The van der Waals surface area contributed by atoms with Crippen molar-refractivity contribution in [1.29, 1.82) is 0 Å². The third-order valence-electron chi connectivity index (χ3n) is 18.6. The number of hydrogen-bond donors (Lipinski definition) is 10. The summed E-state index contributed by atoms with van der Waals surface area (Å²) >= 11 is 0. The molecule has 0 saturated heterocycles. The summed E-state index contributed by atoms with van der Waals surface area (Å²) < 4.78 is 62.6. The number of hydrogen-bond acceptors (Lipinski definition) is 24. The molecule has 1 aliphatic rings. The number of nitrogens with two attached hydrogens (primary N) is 2. The molecule has 0 bridgehead atoms. The maximum Gasteiger partial charge on any atom is 0.269 e. The Kier molecular flexibility index (Phi) is 35.5. The van der Waals surface area contributed by atoms with Gasteiger partial charge in [0.25, 0.3) is 5.69 Å². The second-order valence-electron chi connectivity index (χ2n) is 30.2. The monoisotopic (exact) mass is 1760 g/mol. The number of benzene rings is 7. The second kappa shape index (κ2) is 46.6. The van der Waals surface area contributed by atoms with Gasteiger partial charge in [-0.2, -0.15) is 0 Å². The zero-order chi connectivity index (χ0) is 91.0. The lowest BCUT2D eigenvalue weighted by molar-refractivity contribution is -0.384. The molecule has 0 unspecified atom stereocenters. The summed E-state index contributed by atoms with van der Waals surface area (Å²) in [6.45, 7) is 20.7. The lowest BCUT2D eigenvalue weighted by Crippen LogP contribution is -2.29. The van der Waals surface area contributed by atoms with Crippen molar-refractivity contribution in [1.82, 2.24) is 89.7 Å². The highest BCUT2D eigenvalue weighted by Crippen LogP contribution is 2.33. The number of nitro benzene ring substituents is 1. The summed E-state index contributed by atoms with van der Waals surface area (Å²) in [5.74, 6) is -1.06. The molecule has 12 N–H and O–H groups in total. The Morgan fingerprint density at radius 3 is 0.984 bits per heavy atom. The molecule has 0 spiro atoms. The van der Waals surface area contributed by atoms with Crippen LogP contribution < -0.4 is 52.8 Å². The molecule has 7 aromatic carbocycles. The number of para-hydroxylation sites is 5. The number of amides is 6. The van der Waals surface area contributed by atoms with Gasteiger partial charge in [0.15, 0.2) is 0 Å². The average molecular weight is 1760 g/mol. The Morgan fingerprint density at radius 1 is 0.397 bits per heavy atom. The van der Waals surface area contributed by atoms with Crippen LogP contribution in [0.1, 0.15) is 144 Å². The van der Waals surface area contributed by atoms with Gasteiger partial charge in [0, 0.05) is 128 Å². The van der Waals surface area contributed by atoms with Crippen LogP contribution in [0, 0.1) is 16.0 Å². The van der Waals surface area contributed by atoms with Crippen molar-refractivity contribution in [3.63, 3.8) is 0 Å². The van der Waals surface area contributed by atoms with Crippen molar-refractivity contribution < 1.29 is 50.5 Å². The van der Waals surface area contributed by atoms with Crippen molar-refractivity contribution in [3.05, 3.63) is 223 Å². The quantitative estimate of drug-likeness (QED) is 0.0132. The lowest BCUT2D eigenvalue weighted by atomic mass is 10.1. The fourth-order valence-electron chi connectivity index (χ4n) is 11.6. The first-order chi connectivity index (χ1) is 60.3. The number of aromatic nitrogens is 15. The fraction of sp³-hybridized carbons (Fsp3) is 0.326. The van der Waals surface area contributed by atoms with Crippen molar-refractivity contribution in [3.8, 4) is 56.3 Å². The molecular formula is C86H106N26O12S2. The van der Waals surface area contributed by atoms with Crippen molar-refractivity contribution in [2.45, 2.75) is 149 Å². The standard InChI is InChI=1S/C21H25N5O3S.C20H22N6O5S.C18H23N5O2.C14H19N5O.C13H17N5O/c1-16(2)26-14-20(24-25-26)18-10-6-7-11-19(18)23-21(27)12-13-22-30(28,29)15-17-8-4-3-5-9-17;1-14(2)25-13-19(23-24-25)17-5-3-4-6-18(17)22-20(27)11-12-21-32(30,31)16-9-7-15(8-10-16)26(28)29;1-12(2)23-11-16(21-22-23)14-5-3-4-6-15(14)20-17(24)9-10-19-18(25)13-7-8-13;1-10(2)19-9-13(17-18-19)11-5-3-4-6-12(11)16-14(20)7-8-15;1-9(2)18-8-12(16-17-18)10-5-3-4-6-11(10)15-13(19)7-14/h3-11,14,16,22H,12-13,15H2,1-2H3,(H,23,27);3-10,13-14,21H,11-12H2,1-2H3,(H,22,27);3-6,11-13H,7-10H2,1-2H3,(H,19,25)(H,20,24);3-6,9-10H,7-8,15H2,1-2H3,(H,16,20);3-6,8-9H,7,14H2,1-2H3,(H,15,19). The van der Waals surface area contributed by atoms with Crippen LogP contribution in [0.3, 0.4) is 0 Å². The van der Waals surface area contributed by atoms with Gasteiger partial charge in [0.1, 0.15) is 28.5 Å². The summed E-state index contributed by atoms with van der Waals surface area (Å²) in [4.78, 5) is 81.5. The van der Waals surface area contributed by atoms with Crippen LogP contribution in [0.2, 0.25) is 0 Å². The van der Waals surface area contributed by atoms with E-state index in [9.17, 15) is 55.7 Å². The summed E-state index contributed by atoms with van der Waals surface area (Å²) in [7, 11) is -7.41. The van der Waals surface area contributed by atoms with Gasteiger partial charge in [0.05, 0.1) is 81.5 Å². The van der Waals surface area contributed by atoms with Gasteiger partial charge in [0.2, 0.25) is 55.5 Å². The molecule has 5 aromatic heterocycles. The van der Waals surface area contributed by atoms with Gasteiger partial charge in [-0.05, 0) is 130 Å². The molecular weight excluding hydrogens is 1650 g/mol. The molecule has 0 atom stereocenters. The third-order valence-corrected chi connectivity index (χ3v) is 21.4. The summed E-state index contributed by atoms with van der Waals surface area (Å²) in [5.41, 5.74) is 21.8. The zero-order valence-electron chi connectivity index (χ0n) is 71.6. The summed E-state index contributed by atoms with van der Waals surface area (Å²) in [5, 5.41) is 68.8. The average Bonchev–Trinajstić information content (AvgIpc) is 1.66. The zero-order valence-corrected chi connectivity index (χ0v) is 73.2. The van der Waals surface area contributed by atoms with E-state index in [-0.39, 0.29) is 127 Å². The molecule has 40 heteroatoms. The van der Waals surface area contributed by atoms with E-state index in [2.05, 4.69) is 92.9 Å². The van der Waals surface area contributed by atoms with Gasteiger partial charge in [-0.1, -0.05) is 147 Å². The Bertz CT molecular complexity index is 5860. The predicted molar refractivity (Wildman–Crippen MR) is 480 cm³/mol. The number of rotatable bonds is 34. The largest absolute Gasteiger partial charge is 0.355 e. The fourth-order valence-corrected chi connectivity index (χ4v) is 13.8. The van der Waals surface area contributed by atoms with E-state index in [0.717, 1.165) is 76.4 Å². The van der Waals surface area contributed by atoms with Gasteiger partial charge in [-0.3, -0.25) is 38.9 Å². The molecule has 664 valence electrons. The molecule has 126 heavy (non-hydrogen) atoms. The highest BCUT2D eigenvalue weighted by Gasteiger charge is 2.29. The topological polar surface area (TPSA) is 516 Å². The Labute approximate surface area is 730 Å². The first-order valence-electron chi connectivity index (χ1n) is 40.8. The molecule has 0 aliphatic heterocycles. The van der Waals surface area contributed by atoms with Crippen LogP contribution in [-0.2, 0) is 54.6 Å². The highest BCUT2D eigenvalue weighted by atomic mass is 32.2. The Morgan fingerprint density at radius 2 is 0.690 bits per heavy atom. The molecule has 0 radical (unpaired) electrons. The molecule has 1 fully saturated rings. The number of carbonyl (C=O) groups is 6. The molecule has 12 aromatic rings. The third kappa shape index (κ3) is 29.5. The molecule has 6 amide bonds. The van der Waals surface area contributed by atoms with E-state index >= 15 is 0 Å².